The number of carbonyl (C=O) groups is 1. The van der Waals surface area contributed by atoms with Crippen molar-refractivity contribution in [1.82, 2.24) is 5.32 Å². The Kier molecular flexibility index (Phi) is 49.0. The smallest absolute Gasteiger partial charge is 0.222 e. The van der Waals surface area contributed by atoms with Crippen LogP contribution in [0.5, 0.6) is 0 Å². The van der Waals surface area contributed by atoms with Gasteiger partial charge in [-0.25, -0.2) is 0 Å². The van der Waals surface area contributed by atoms with Crippen molar-refractivity contribution in [3.05, 3.63) is 36.5 Å². The Morgan fingerprint density at radius 3 is 1.07 bits per heavy atom. The normalized spacial score (nSPS) is 13.6. The van der Waals surface area contributed by atoms with Crippen molar-refractivity contribution in [1.29, 1.82) is 0 Å². The van der Waals surface area contributed by atoms with E-state index in [4.69, 9.17) is 0 Å². The number of hydrogen-bond donors (Lipinski definition) is 4. The first-order chi connectivity index (χ1) is 29.5. The van der Waals surface area contributed by atoms with Gasteiger partial charge in [-0.15, -0.1) is 0 Å². The van der Waals surface area contributed by atoms with Crippen molar-refractivity contribution in [3.8, 4) is 0 Å². The SMILES string of the molecule is CCCCCCCCCCCCCC/C=C\CCCCCCCC(O)CC(=O)NC(CO)C(O)/C=C/CC/C=C/CCCCCCCCCCCCCCCCCCCC. The fourth-order valence-electron chi connectivity index (χ4n) is 8.29. The van der Waals surface area contributed by atoms with Crippen molar-refractivity contribution in [2.24, 2.45) is 0 Å². The number of rotatable bonds is 49. The van der Waals surface area contributed by atoms with Crippen molar-refractivity contribution >= 4 is 5.91 Å². The van der Waals surface area contributed by atoms with Crippen molar-refractivity contribution in [2.75, 3.05) is 6.61 Å². The van der Waals surface area contributed by atoms with Gasteiger partial charge in [0.2, 0.25) is 5.91 Å². The highest BCUT2D eigenvalue weighted by atomic mass is 16.3. The lowest BCUT2D eigenvalue weighted by molar-refractivity contribution is -0.124. The number of amides is 1. The van der Waals surface area contributed by atoms with Crippen molar-refractivity contribution in [3.63, 3.8) is 0 Å². The van der Waals surface area contributed by atoms with Gasteiger partial charge in [-0.3, -0.25) is 4.79 Å². The van der Waals surface area contributed by atoms with Crippen LogP contribution in [-0.2, 0) is 4.79 Å². The van der Waals surface area contributed by atoms with E-state index in [9.17, 15) is 20.1 Å². The highest BCUT2D eigenvalue weighted by Gasteiger charge is 2.20. The maximum absolute atomic E-state index is 12.5. The molecule has 0 aromatic rings. The third-order valence-electron chi connectivity index (χ3n) is 12.4. The predicted octanol–water partition coefficient (Wildman–Crippen LogP) is 16.3. The zero-order valence-electron chi connectivity index (χ0n) is 40.4. The molecular formula is C55H105NO4. The van der Waals surface area contributed by atoms with Gasteiger partial charge in [0.25, 0.3) is 0 Å². The zero-order chi connectivity index (χ0) is 43.7. The molecule has 5 heteroatoms. The molecule has 4 N–H and O–H groups in total. The second kappa shape index (κ2) is 50.2. The summed E-state index contributed by atoms with van der Waals surface area (Å²) in [6.45, 7) is 4.23. The van der Waals surface area contributed by atoms with Crippen LogP contribution in [0, 0.1) is 0 Å². The number of carbonyl (C=O) groups excluding carboxylic acids is 1. The zero-order valence-corrected chi connectivity index (χ0v) is 40.4. The van der Waals surface area contributed by atoms with Gasteiger partial charge in [-0.1, -0.05) is 256 Å². The van der Waals surface area contributed by atoms with Gasteiger partial charge in [-0.2, -0.15) is 0 Å². The topological polar surface area (TPSA) is 89.8 Å². The van der Waals surface area contributed by atoms with Crippen LogP contribution in [0.3, 0.4) is 0 Å². The van der Waals surface area contributed by atoms with Crippen LogP contribution in [0.15, 0.2) is 36.5 Å². The summed E-state index contributed by atoms with van der Waals surface area (Å²) in [6, 6.07) is -0.764. The molecule has 0 fully saturated rings. The van der Waals surface area contributed by atoms with Crippen LogP contribution in [0.1, 0.15) is 284 Å². The van der Waals surface area contributed by atoms with E-state index < -0.39 is 18.2 Å². The summed E-state index contributed by atoms with van der Waals surface area (Å²) in [5.41, 5.74) is 0. The lowest BCUT2D eigenvalue weighted by Crippen LogP contribution is -2.45. The van der Waals surface area contributed by atoms with E-state index >= 15 is 0 Å². The maximum Gasteiger partial charge on any atom is 0.222 e. The molecule has 0 aliphatic rings. The number of aliphatic hydroxyl groups excluding tert-OH is 3. The number of aliphatic hydroxyl groups is 3. The van der Waals surface area contributed by atoms with Crippen LogP contribution >= 0.6 is 0 Å². The summed E-state index contributed by atoms with van der Waals surface area (Å²) in [6.07, 6.45) is 64.7. The summed E-state index contributed by atoms with van der Waals surface area (Å²) in [5.74, 6) is -0.327. The second-order valence-corrected chi connectivity index (χ2v) is 18.5. The standard InChI is InChI=1S/C55H105NO4/c1-3-5-7-9-11-13-15-17-19-21-23-25-26-27-29-31-33-35-37-39-41-43-45-47-49-54(59)53(51-57)56-55(60)50-52(58)48-46-44-42-40-38-36-34-32-30-28-24-22-20-18-16-14-12-10-8-6-4-2/h32,34,39,41,47,49,52-54,57-59H,3-31,33,35-38,40,42-46,48,50-51H2,1-2H3,(H,56,60)/b34-32-,41-39+,49-47+. The molecular weight excluding hydrogens is 739 g/mol. The van der Waals surface area contributed by atoms with Crippen molar-refractivity contribution in [2.45, 2.75) is 302 Å². The van der Waals surface area contributed by atoms with Gasteiger partial charge >= 0.3 is 0 Å². The molecule has 1 amide bonds. The minimum Gasteiger partial charge on any atom is -0.394 e. The van der Waals surface area contributed by atoms with Gasteiger partial charge in [0, 0.05) is 0 Å². The van der Waals surface area contributed by atoms with E-state index in [0.29, 0.717) is 6.42 Å². The molecule has 0 radical (unpaired) electrons. The van der Waals surface area contributed by atoms with Gasteiger partial charge in [-0.05, 0) is 57.8 Å². The van der Waals surface area contributed by atoms with E-state index in [-0.39, 0.29) is 18.9 Å². The van der Waals surface area contributed by atoms with Gasteiger partial charge in [0.15, 0.2) is 0 Å². The quantitative estimate of drug-likeness (QED) is 0.0363. The maximum atomic E-state index is 12.5. The molecule has 0 bridgehead atoms. The summed E-state index contributed by atoms with van der Waals surface area (Å²) >= 11 is 0. The molecule has 354 valence electrons. The first-order valence-corrected chi connectivity index (χ1v) is 26.8. The largest absolute Gasteiger partial charge is 0.394 e. The second-order valence-electron chi connectivity index (χ2n) is 18.5. The number of nitrogens with one attached hydrogen (secondary N) is 1. The van der Waals surface area contributed by atoms with E-state index in [0.717, 1.165) is 44.9 Å². The highest BCUT2D eigenvalue weighted by molar-refractivity contribution is 5.76. The number of allylic oxidation sites excluding steroid dienone is 5. The number of hydrogen-bond acceptors (Lipinski definition) is 4. The Labute approximate surface area is 374 Å². The Morgan fingerprint density at radius 2 is 0.717 bits per heavy atom. The molecule has 60 heavy (non-hydrogen) atoms. The molecule has 0 aliphatic carbocycles. The summed E-state index contributed by atoms with van der Waals surface area (Å²) in [7, 11) is 0. The third-order valence-corrected chi connectivity index (χ3v) is 12.4. The molecule has 0 saturated heterocycles. The Bertz CT molecular complexity index is 931. The molecule has 0 aromatic heterocycles. The average Bonchev–Trinajstić information content (AvgIpc) is 3.24. The van der Waals surface area contributed by atoms with Crippen LogP contribution in [0.2, 0.25) is 0 Å². The predicted molar refractivity (Wildman–Crippen MR) is 264 cm³/mol. The molecule has 0 heterocycles. The van der Waals surface area contributed by atoms with Gasteiger partial charge in [0.05, 0.1) is 31.3 Å². The molecule has 5 nitrogen and oxygen atoms in total. The van der Waals surface area contributed by atoms with Crippen LogP contribution < -0.4 is 5.32 Å². The molecule has 0 spiro atoms. The van der Waals surface area contributed by atoms with E-state index in [1.807, 2.05) is 6.08 Å². The fourth-order valence-corrected chi connectivity index (χ4v) is 8.29. The first-order valence-electron chi connectivity index (χ1n) is 26.8. The Hall–Kier alpha value is -1.43. The lowest BCUT2D eigenvalue weighted by Gasteiger charge is -2.20. The van der Waals surface area contributed by atoms with E-state index in [1.54, 1.807) is 6.08 Å². The first kappa shape index (κ1) is 58.6. The molecule has 0 saturated carbocycles. The minimum atomic E-state index is -0.955. The average molecular weight is 844 g/mol. The molecule has 3 atom stereocenters. The molecule has 0 aromatic carbocycles. The van der Waals surface area contributed by atoms with Gasteiger partial charge < -0.3 is 20.6 Å². The summed E-state index contributed by atoms with van der Waals surface area (Å²) in [4.78, 5) is 12.5. The Balaban J connectivity index is 3.64. The van der Waals surface area contributed by atoms with Crippen molar-refractivity contribution < 1.29 is 20.1 Å². The highest BCUT2D eigenvalue weighted by Crippen LogP contribution is 2.16. The third kappa shape index (κ3) is 46.1. The van der Waals surface area contributed by atoms with Crippen LogP contribution in [-0.4, -0.2) is 46.1 Å². The monoisotopic (exact) mass is 844 g/mol. The minimum absolute atomic E-state index is 0.00118. The van der Waals surface area contributed by atoms with E-state index in [1.165, 1.54) is 212 Å². The molecule has 0 rings (SSSR count). The van der Waals surface area contributed by atoms with Gasteiger partial charge in [0.1, 0.15) is 0 Å². The molecule has 3 unspecified atom stereocenters. The summed E-state index contributed by atoms with van der Waals surface area (Å²) < 4.78 is 0. The lowest BCUT2D eigenvalue weighted by atomic mass is 10.0. The van der Waals surface area contributed by atoms with Crippen LogP contribution in [0.25, 0.3) is 0 Å². The van der Waals surface area contributed by atoms with Crippen LogP contribution in [0.4, 0.5) is 0 Å². The number of unbranched alkanes of at least 4 members (excludes halogenated alkanes) is 36. The molecule has 0 aliphatic heterocycles. The fraction of sp³-hybridized carbons (Fsp3) is 0.873. The summed E-state index contributed by atoms with van der Waals surface area (Å²) in [5, 5.41) is 33.4. The van der Waals surface area contributed by atoms with E-state index in [2.05, 4.69) is 43.5 Å². The Morgan fingerprint density at radius 1 is 0.417 bits per heavy atom.